The third-order valence-electron chi connectivity index (χ3n) is 22.6. The molecule has 0 radical (unpaired) electrons. The molecule has 14 nitrogen and oxygen atoms in total. The number of ether oxygens (including phenoxy) is 4. The number of thioether (sulfide) groups is 2. The number of benzene rings is 10. The van der Waals surface area contributed by atoms with Crippen LogP contribution in [0.1, 0.15) is 200 Å². The molecular formula is C91H85N3O11S2. The highest BCUT2D eigenvalue weighted by atomic mass is 32.2. The minimum atomic E-state index is -0.968. The second kappa shape index (κ2) is 24.8. The Bertz CT molecular complexity index is 5450. The predicted octanol–water partition coefficient (Wildman–Crippen LogP) is 22.9. The molecule has 4 aliphatic heterocycles. The van der Waals surface area contributed by atoms with Crippen molar-refractivity contribution in [3.63, 3.8) is 0 Å². The lowest BCUT2D eigenvalue weighted by Gasteiger charge is -2.46. The molecule has 1 fully saturated rings. The number of hydrogen-bond acceptors (Lipinski definition) is 12. The number of imide groups is 2. The van der Waals surface area contributed by atoms with Gasteiger partial charge in [0.05, 0.1) is 47.2 Å². The van der Waals surface area contributed by atoms with Crippen LogP contribution in [0, 0.1) is 0 Å². The second-order valence-electron chi connectivity index (χ2n) is 33.6. The van der Waals surface area contributed by atoms with E-state index in [0.717, 1.165) is 57.6 Å². The fraction of sp³-hybridized carbons (Fsp3) is 0.297. The summed E-state index contributed by atoms with van der Waals surface area (Å²) in [6.45, 7) is 33.6. The maximum atomic E-state index is 16.4. The Balaban J connectivity index is 0.937. The van der Waals surface area contributed by atoms with Gasteiger partial charge >= 0.3 is 5.97 Å². The van der Waals surface area contributed by atoms with Crippen molar-refractivity contribution in [3.8, 4) is 46.0 Å². The van der Waals surface area contributed by atoms with E-state index in [9.17, 15) is 14.7 Å². The first-order chi connectivity index (χ1) is 50.5. The molecule has 6 aliphatic rings. The first-order valence-electron chi connectivity index (χ1n) is 36.7. The van der Waals surface area contributed by atoms with Crippen LogP contribution in [0.5, 0.6) is 46.0 Å². The lowest BCUT2D eigenvalue weighted by Crippen LogP contribution is -2.47. The Morgan fingerprint density at radius 3 is 1.09 bits per heavy atom. The molecule has 2 aliphatic carbocycles. The van der Waals surface area contributed by atoms with Crippen LogP contribution in [0.3, 0.4) is 0 Å². The van der Waals surface area contributed by atoms with Gasteiger partial charge in [-0.25, -0.2) is 9.69 Å². The third kappa shape index (κ3) is 11.4. The third-order valence-corrected chi connectivity index (χ3v) is 25.8. The average molecular weight is 1460 g/mol. The molecule has 1 saturated carbocycles. The summed E-state index contributed by atoms with van der Waals surface area (Å²) >= 11 is 2.80. The summed E-state index contributed by atoms with van der Waals surface area (Å²) in [6, 6.07) is 44.1. The fourth-order valence-corrected chi connectivity index (χ4v) is 19.2. The van der Waals surface area contributed by atoms with Gasteiger partial charge in [-0.15, -0.1) is 23.5 Å². The highest BCUT2D eigenvalue weighted by Gasteiger charge is 2.60. The molecule has 542 valence electrons. The van der Waals surface area contributed by atoms with E-state index in [1.54, 1.807) is 48.5 Å². The number of carboxylic acid groups (broad SMARTS) is 1. The van der Waals surface area contributed by atoms with E-state index in [-0.39, 0.29) is 83.9 Å². The zero-order chi connectivity index (χ0) is 75.8. The van der Waals surface area contributed by atoms with Crippen molar-refractivity contribution < 1.29 is 52.8 Å². The summed E-state index contributed by atoms with van der Waals surface area (Å²) in [5, 5.41) is 16.3. The summed E-state index contributed by atoms with van der Waals surface area (Å²) in [5.41, 5.74) is 9.07. The second-order valence-corrected chi connectivity index (χ2v) is 36.5. The Kier molecular flexibility index (Phi) is 16.4. The lowest BCUT2D eigenvalue weighted by molar-refractivity contribution is -0.131. The number of anilines is 2. The highest BCUT2D eigenvalue weighted by Crippen LogP contribution is 2.69. The van der Waals surface area contributed by atoms with Gasteiger partial charge in [-0.2, -0.15) is 0 Å². The molecule has 2 N–H and O–H groups in total. The van der Waals surface area contributed by atoms with Crippen LogP contribution in [0.4, 0.5) is 11.4 Å². The predicted molar refractivity (Wildman–Crippen MR) is 429 cm³/mol. The van der Waals surface area contributed by atoms with Gasteiger partial charge in [0, 0.05) is 54.8 Å². The van der Waals surface area contributed by atoms with E-state index < -0.39 is 45.1 Å². The first-order valence-corrected chi connectivity index (χ1v) is 38.4. The number of nitrogens with one attached hydrogen (secondary N) is 1. The molecule has 0 spiro atoms. The molecule has 4 heterocycles. The van der Waals surface area contributed by atoms with Crippen molar-refractivity contribution in [2.75, 3.05) is 10.2 Å². The number of aliphatic carboxylic acids is 1. The van der Waals surface area contributed by atoms with Crippen LogP contribution in [-0.2, 0) is 31.2 Å². The fourth-order valence-electron chi connectivity index (χ4n) is 16.3. The van der Waals surface area contributed by atoms with E-state index in [1.165, 1.54) is 39.6 Å². The van der Waals surface area contributed by atoms with Crippen LogP contribution >= 0.6 is 23.5 Å². The van der Waals surface area contributed by atoms with Crippen LogP contribution < -0.4 is 29.2 Å². The topological polar surface area (TPSA) is 178 Å². The molecule has 3 atom stereocenters. The van der Waals surface area contributed by atoms with Gasteiger partial charge in [-0.05, 0) is 222 Å². The molecule has 5 amide bonds. The van der Waals surface area contributed by atoms with Crippen LogP contribution in [0.25, 0.3) is 43.1 Å². The number of allylic oxidation sites excluding steroid dienone is 4. The molecule has 0 bridgehead atoms. The molecule has 10 aromatic carbocycles. The molecular weight excluding hydrogens is 1380 g/mol. The van der Waals surface area contributed by atoms with Crippen molar-refractivity contribution in [3.05, 3.63) is 234 Å². The number of carboxylic acids is 1. The van der Waals surface area contributed by atoms with Crippen molar-refractivity contribution in [1.29, 1.82) is 0 Å². The molecule has 0 aromatic heterocycles. The van der Waals surface area contributed by atoms with Gasteiger partial charge in [0.25, 0.3) is 29.5 Å². The standard InChI is InChI=1S/C91H85N3O11S2/c1-17-47(2)93-81(96)60-41-66(102-54-33-21-48(22-34-54)86(3,4)5)74-76-68(104-56-37-25-50(26-38-56)88(9,10)11)43-62-73-63(84(99)94(83(62)98)53-31-29-52(30-32-53)92-80(95)70-45-64-58-19-18-20-59(58)65-46-71(85(100)101)107-91(65,16)90(64,15)106-70)44-69(105-57-39-27-51(28-40-57)89(12,13)14)77(79(73)76)75-67(42-61(82(93)97)72(60)78(74)75)103-55-35-23-49(24-36-55)87(6,7)8/h21-47H,17-20H2,1-16H3,(H,92,95)(H,100,101). The van der Waals surface area contributed by atoms with Crippen LogP contribution in [0.2, 0.25) is 0 Å². The highest BCUT2D eigenvalue weighted by molar-refractivity contribution is 8.10. The normalized spacial score (nSPS) is 18.9. The van der Waals surface area contributed by atoms with Crippen molar-refractivity contribution >= 4 is 113 Å². The quantitative estimate of drug-likeness (QED) is 0.0598. The summed E-state index contributed by atoms with van der Waals surface area (Å²) < 4.78 is 28.1. The minimum absolute atomic E-state index is 0.113. The molecule has 3 unspecified atom stereocenters. The molecule has 0 saturated heterocycles. The van der Waals surface area contributed by atoms with E-state index in [0.29, 0.717) is 82.6 Å². The SMILES string of the molecule is CCC(C)N1C(=O)c2cc(Oc3ccc(C(C)(C)C)cc3)c3c4c(Oc5ccc(C(C)(C)C)cc5)cc5c6c(cc(Oc7ccc(C(C)(C)C)cc7)c(c7c(Oc8ccc(C(C)(C)C)cc8)cc(c2c37)C1=O)c64)C(=O)N(c1ccc(NC(=O)C2=CC3=C4CCCC4=C4C=C(C(=O)O)SC4(C)C3(C)S2)cc1)C5=O. The van der Waals surface area contributed by atoms with Gasteiger partial charge in [0.15, 0.2) is 0 Å². The van der Waals surface area contributed by atoms with Crippen LogP contribution in [-0.4, -0.2) is 61.0 Å². The van der Waals surface area contributed by atoms with Crippen molar-refractivity contribution in [1.82, 2.24) is 4.90 Å². The zero-order valence-corrected chi connectivity index (χ0v) is 64.8. The first kappa shape index (κ1) is 70.9. The molecule has 10 aromatic rings. The van der Waals surface area contributed by atoms with E-state index in [2.05, 4.69) is 102 Å². The molecule has 16 heteroatoms. The average Bonchev–Trinajstić information content (AvgIpc) is 1.00. The number of amides is 5. The Morgan fingerprint density at radius 1 is 0.458 bits per heavy atom. The number of carbonyl (C=O) groups is 6. The van der Waals surface area contributed by atoms with Crippen molar-refractivity contribution in [2.45, 2.75) is 174 Å². The summed E-state index contributed by atoms with van der Waals surface area (Å²) in [6.07, 6.45) is 6.90. The van der Waals surface area contributed by atoms with Gasteiger partial charge in [0.1, 0.15) is 46.0 Å². The lowest BCUT2D eigenvalue weighted by atomic mass is 9.72. The Hall–Kier alpha value is -10.4. The number of carbonyl (C=O) groups excluding carboxylic acids is 5. The monoisotopic (exact) mass is 1460 g/mol. The maximum Gasteiger partial charge on any atom is 0.342 e. The van der Waals surface area contributed by atoms with E-state index in [4.69, 9.17) is 18.9 Å². The van der Waals surface area contributed by atoms with Gasteiger partial charge < -0.3 is 29.4 Å². The molecule has 16 rings (SSSR count). The molecule has 107 heavy (non-hydrogen) atoms. The smallest absolute Gasteiger partial charge is 0.342 e. The van der Waals surface area contributed by atoms with E-state index in [1.807, 2.05) is 123 Å². The zero-order valence-electron chi connectivity index (χ0n) is 63.2. The summed E-state index contributed by atoms with van der Waals surface area (Å²) in [5.74, 6) is -1.13. The summed E-state index contributed by atoms with van der Waals surface area (Å²) in [7, 11) is 0. The van der Waals surface area contributed by atoms with E-state index >= 15 is 19.2 Å². The summed E-state index contributed by atoms with van der Waals surface area (Å²) in [4.78, 5) is 94.5. The number of fused-ring (bicyclic) bond motifs is 6. The number of nitrogens with zero attached hydrogens (tertiary/aromatic N) is 2. The Labute approximate surface area is 631 Å². The largest absolute Gasteiger partial charge is 0.477 e. The van der Waals surface area contributed by atoms with Crippen LogP contribution in [0.15, 0.2) is 190 Å². The minimum Gasteiger partial charge on any atom is -0.477 e. The number of hydrogen-bond donors (Lipinski definition) is 2. The number of rotatable bonds is 14. The van der Waals surface area contributed by atoms with Gasteiger partial charge in [-0.3, -0.25) is 28.9 Å². The van der Waals surface area contributed by atoms with Gasteiger partial charge in [-0.1, -0.05) is 139 Å². The maximum absolute atomic E-state index is 16.4. The van der Waals surface area contributed by atoms with Gasteiger partial charge in [0.2, 0.25) is 0 Å². The van der Waals surface area contributed by atoms with Crippen molar-refractivity contribution in [2.24, 2.45) is 0 Å². The Morgan fingerprint density at radius 2 is 0.776 bits per heavy atom.